The minimum atomic E-state index is -0.339. The summed E-state index contributed by atoms with van der Waals surface area (Å²) in [4.78, 5) is 19.4. The van der Waals surface area contributed by atoms with Crippen molar-refractivity contribution in [3.8, 4) is 0 Å². The van der Waals surface area contributed by atoms with E-state index < -0.39 is 0 Å². The number of hydrogen-bond donors (Lipinski definition) is 1. The van der Waals surface area contributed by atoms with Gasteiger partial charge in [-0.2, -0.15) is 0 Å². The van der Waals surface area contributed by atoms with Gasteiger partial charge in [-0.05, 0) is 54.6 Å². The monoisotopic (exact) mass is 435 g/mol. The highest BCUT2D eigenvalue weighted by atomic mass is 16.5. The molecule has 2 aromatic carbocycles. The average molecular weight is 436 g/mol. The summed E-state index contributed by atoms with van der Waals surface area (Å²) in [6, 6.07) is 13.8. The molecule has 0 radical (unpaired) electrons. The number of fused-ring (bicyclic) bond motifs is 1. The Balaban J connectivity index is 1.39. The first kappa shape index (κ1) is 21.1. The smallest absolute Gasteiger partial charge is 0.337 e. The van der Waals surface area contributed by atoms with Crippen LogP contribution in [-0.4, -0.2) is 58.4 Å². The molecule has 0 aliphatic carbocycles. The Labute approximate surface area is 187 Å². The molecule has 2 saturated heterocycles. The third-order valence-electron chi connectivity index (χ3n) is 6.67. The van der Waals surface area contributed by atoms with Crippen LogP contribution >= 0.6 is 0 Å². The minimum absolute atomic E-state index is 0.0745. The molecule has 7 heteroatoms. The number of benzene rings is 2. The van der Waals surface area contributed by atoms with Gasteiger partial charge in [-0.25, -0.2) is 9.78 Å². The number of imidazole rings is 1. The molecule has 2 atom stereocenters. The van der Waals surface area contributed by atoms with Gasteiger partial charge in [0.15, 0.2) is 0 Å². The third kappa shape index (κ3) is 4.16. The van der Waals surface area contributed by atoms with Gasteiger partial charge in [0.1, 0.15) is 5.82 Å². The summed E-state index contributed by atoms with van der Waals surface area (Å²) in [5.74, 6) is 1.12. The van der Waals surface area contributed by atoms with Gasteiger partial charge in [-0.1, -0.05) is 24.3 Å². The van der Waals surface area contributed by atoms with Gasteiger partial charge < -0.3 is 19.1 Å². The summed E-state index contributed by atoms with van der Waals surface area (Å²) < 4.78 is 12.8. The third-order valence-corrected chi connectivity index (χ3v) is 6.67. The van der Waals surface area contributed by atoms with E-state index >= 15 is 0 Å². The largest absolute Gasteiger partial charge is 0.465 e. The Hall–Kier alpha value is -2.74. The lowest BCUT2D eigenvalue weighted by Gasteiger charge is -2.28. The van der Waals surface area contributed by atoms with E-state index in [0.29, 0.717) is 11.5 Å². The zero-order chi connectivity index (χ0) is 22.1. The summed E-state index contributed by atoms with van der Waals surface area (Å²) in [5.41, 5.74) is 4.62. The van der Waals surface area contributed by atoms with Crippen molar-refractivity contribution < 1.29 is 19.4 Å². The molecule has 168 valence electrons. The summed E-state index contributed by atoms with van der Waals surface area (Å²) in [7, 11) is 1.40. The summed E-state index contributed by atoms with van der Waals surface area (Å²) in [6.07, 6.45) is 2.33. The number of nitrogens with zero attached hydrogens (tertiary/aromatic N) is 3. The number of esters is 1. The Kier molecular flexibility index (Phi) is 5.95. The lowest BCUT2D eigenvalue weighted by molar-refractivity contribution is -0.0591. The van der Waals surface area contributed by atoms with Crippen molar-refractivity contribution in [3.05, 3.63) is 65.0 Å². The van der Waals surface area contributed by atoms with E-state index in [4.69, 9.17) is 14.5 Å². The van der Waals surface area contributed by atoms with Crippen molar-refractivity contribution in [1.29, 1.82) is 0 Å². The molecule has 3 heterocycles. The fourth-order valence-corrected chi connectivity index (χ4v) is 4.77. The summed E-state index contributed by atoms with van der Waals surface area (Å²) in [5, 5.41) is 9.46. The maximum absolute atomic E-state index is 12.1. The Bertz CT molecular complexity index is 1120. The number of likely N-dealkylation sites (tertiary alicyclic amines) is 1. The average Bonchev–Trinajstić information content (AvgIpc) is 3.40. The number of methoxy groups -OCH3 is 1. The van der Waals surface area contributed by atoms with E-state index in [-0.39, 0.29) is 18.7 Å². The maximum atomic E-state index is 12.1. The van der Waals surface area contributed by atoms with Gasteiger partial charge in [0.25, 0.3) is 0 Å². The first-order valence-corrected chi connectivity index (χ1v) is 11.3. The molecule has 0 amide bonds. The molecule has 1 aromatic heterocycles. The highest BCUT2D eigenvalue weighted by molar-refractivity contribution is 5.93. The van der Waals surface area contributed by atoms with Gasteiger partial charge >= 0.3 is 5.97 Å². The molecule has 32 heavy (non-hydrogen) atoms. The van der Waals surface area contributed by atoms with E-state index in [2.05, 4.69) is 21.6 Å². The second-order valence-corrected chi connectivity index (χ2v) is 8.74. The quantitative estimate of drug-likeness (QED) is 0.575. The molecule has 3 aromatic rings. The van der Waals surface area contributed by atoms with Crippen molar-refractivity contribution in [3.63, 3.8) is 0 Å². The van der Waals surface area contributed by atoms with Crippen molar-refractivity contribution in [2.45, 2.75) is 44.6 Å². The van der Waals surface area contributed by atoms with Crippen LogP contribution in [-0.2, 0) is 29.2 Å². The van der Waals surface area contributed by atoms with Gasteiger partial charge in [-0.3, -0.25) is 4.90 Å². The fraction of sp³-hybridized carbons (Fsp3) is 0.440. The summed E-state index contributed by atoms with van der Waals surface area (Å²) >= 11 is 0. The highest BCUT2D eigenvalue weighted by Gasteiger charge is 2.27. The number of hydrogen-bond acceptors (Lipinski definition) is 6. The van der Waals surface area contributed by atoms with E-state index in [1.807, 2.05) is 24.3 Å². The first-order chi connectivity index (χ1) is 15.6. The summed E-state index contributed by atoms with van der Waals surface area (Å²) in [6.45, 7) is 4.35. The number of aliphatic hydroxyl groups is 1. The van der Waals surface area contributed by atoms with E-state index in [1.54, 1.807) is 6.07 Å². The number of carbonyl (C=O) groups is 1. The zero-order valence-corrected chi connectivity index (χ0v) is 18.4. The Morgan fingerprint density at radius 2 is 2.12 bits per heavy atom. The molecule has 5 rings (SSSR count). The Morgan fingerprint density at radius 1 is 1.25 bits per heavy atom. The lowest BCUT2D eigenvalue weighted by Crippen LogP contribution is -2.32. The maximum Gasteiger partial charge on any atom is 0.337 e. The molecule has 2 fully saturated rings. The molecule has 0 spiro atoms. The molecule has 0 saturated carbocycles. The van der Waals surface area contributed by atoms with Crippen molar-refractivity contribution >= 4 is 17.0 Å². The van der Waals surface area contributed by atoms with Crippen molar-refractivity contribution in [2.24, 2.45) is 0 Å². The molecule has 1 N–H and O–H groups in total. The normalized spacial score (nSPS) is 21.1. The van der Waals surface area contributed by atoms with Crippen molar-refractivity contribution in [1.82, 2.24) is 14.5 Å². The van der Waals surface area contributed by atoms with Gasteiger partial charge in [0, 0.05) is 13.2 Å². The number of ether oxygens (including phenoxy) is 2. The number of aromatic nitrogens is 2. The molecular formula is C25H29N3O4. The van der Waals surface area contributed by atoms with Crippen LogP contribution < -0.4 is 0 Å². The van der Waals surface area contributed by atoms with Crippen LogP contribution in [0.2, 0.25) is 0 Å². The lowest BCUT2D eigenvalue weighted by atomic mass is 9.97. The van der Waals surface area contributed by atoms with Crippen LogP contribution in [0.3, 0.4) is 0 Å². The Morgan fingerprint density at radius 3 is 2.88 bits per heavy atom. The van der Waals surface area contributed by atoms with Crippen LogP contribution in [0.5, 0.6) is 0 Å². The number of rotatable bonds is 7. The molecule has 2 aliphatic heterocycles. The van der Waals surface area contributed by atoms with Crippen LogP contribution in [0.15, 0.2) is 42.5 Å². The second kappa shape index (κ2) is 9.02. The van der Waals surface area contributed by atoms with E-state index in [1.165, 1.54) is 12.7 Å². The number of carbonyl (C=O) groups excluding carboxylic acids is 1. The van der Waals surface area contributed by atoms with E-state index in [0.717, 1.165) is 68.0 Å². The van der Waals surface area contributed by atoms with Gasteiger partial charge in [0.2, 0.25) is 0 Å². The molecule has 0 bridgehead atoms. The van der Waals surface area contributed by atoms with Gasteiger partial charge in [0.05, 0.1) is 49.5 Å². The fourth-order valence-electron chi connectivity index (χ4n) is 4.77. The van der Waals surface area contributed by atoms with E-state index in [9.17, 15) is 9.90 Å². The predicted molar refractivity (Wildman–Crippen MR) is 120 cm³/mol. The second-order valence-electron chi connectivity index (χ2n) is 8.74. The van der Waals surface area contributed by atoms with Crippen LogP contribution in [0.1, 0.15) is 46.1 Å². The molecular weight excluding hydrogens is 406 g/mol. The predicted octanol–water partition coefficient (Wildman–Crippen LogP) is 3.09. The minimum Gasteiger partial charge on any atom is -0.465 e. The zero-order valence-electron chi connectivity index (χ0n) is 18.4. The first-order valence-electron chi connectivity index (χ1n) is 11.3. The standard InChI is InChI=1S/C25H29N3O4/c1-31-25(30)19-5-6-22-23(12-19)28(14-21-8-10-32-21)24(26-22)15-27-9-7-20(13-27)18-4-2-3-17(11-18)16-29/h2-6,11-12,20-21,29H,7-10,13-16H2,1H3/t20-,21-/m0/s1. The van der Waals surface area contributed by atoms with Crippen molar-refractivity contribution in [2.75, 3.05) is 26.8 Å². The molecule has 7 nitrogen and oxygen atoms in total. The van der Waals surface area contributed by atoms with Crippen LogP contribution in [0, 0.1) is 0 Å². The molecule has 2 aliphatic rings. The topological polar surface area (TPSA) is 76.8 Å². The molecule has 0 unspecified atom stereocenters. The highest BCUT2D eigenvalue weighted by Crippen LogP contribution is 2.30. The van der Waals surface area contributed by atoms with Crippen LogP contribution in [0.25, 0.3) is 11.0 Å². The number of aliphatic hydroxyl groups excluding tert-OH is 1. The van der Waals surface area contributed by atoms with Gasteiger partial charge in [-0.15, -0.1) is 0 Å². The van der Waals surface area contributed by atoms with Crippen LogP contribution in [0.4, 0.5) is 0 Å². The SMILES string of the molecule is COC(=O)c1ccc2nc(CN3CC[C@H](c4cccc(CO)c4)C3)n(C[C@@H]3CCO3)c2c1.